The fraction of sp³-hybridized carbons (Fsp3) is 0.444. The van der Waals surface area contributed by atoms with Crippen LogP contribution in [0.1, 0.15) is 58.4 Å². The van der Waals surface area contributed by atoms with Crippen LogP contribution in [-0.2, 0) is 24.9 Å². The molecular formula is C36H41FN8O4. The highest BCUT2D eigenvalue weighted by atomic mass is 19.1. The van der Waals surface area contributed by atoms with Crippen molar-refractivity contribution in [2.24, 2.45) is 7.05 Å². The highest BCUT2D eigenvalue weighted by Crippen LogP contribution is 2.54. The molecule has 2 saturated heterocycles. The summed E-state index contributed by atoms with van der Waals surface area (Å²) in [5, 5.41) is 13.9. The van der Waals surface area contributed by atoms with Gasteiger partial charge in [-0.2, -0.15) is 0 Å². The largest absolute Gasteiger partial charge is 0.392 e. The van der Waals surface area contributed by atoms with Crippen LogP contribution in [0.4, 0.5) is 15.8 Å². The first kappa shape index (κ1) is 30.5. The van der Waals surface area contributed by atoms with Gasteiger partial charge in [-0.15, -0.1) is 0 Å². The van der Waals surface area contributed by atoms with E-state index in [-0.39, 0.29) is 17.2 Å². The van der Waals surface area contributed by atoms with Crippen molar-refractivity contribution >= 4 is 17.3 Å². The summed E-state index contributed by atoms with van der Waals surface area (Å²) < 4.78 is 24.4. The molecule has 256 valence electrons. The minimum absolute atomic E-state index is 0.181. The molecule has 0 spiro atoms. The van der Waals surface area contributed by atoms with Crippen molar-refractivity contribution in [3.05, 3.63) is 92.9 Å². The number of aromatic nitrogens is 2. The van der Waals surface area contributed by atoms with Gasteiger partial charge in [-0.25, -0.2) is 4.39 Å². The van der Waals surface area contributed by atoms with E-state index < -0.39 is 12.4 Å². The number of allylic oxidation sites excluding steroid dienone is 2. The number of carbonyl (C=O) groups is 1. The van der Waals surface area contributed by atoms with Gasteiger partial charge in [0.15, 0.2) is 0 Å². The summed E-state index contributed by atoms with van der Waals surface area (Å²) in [7, 11) is 1.64. The van der Waals surface area contributed by atoms with Gasteiger partial charge in [0.2, 0.25) is 0 Å². The molecule has 1 aromatic carbocycles. The van der Waals surface area contributed by atoms with Crippen molar-refractivity contribution in [2.45, 2.75) is 50.3 Å². The van der Waals surface area contributed by atoms with E-state index in [0.717, 1.165) is 45.2 Å². The van der Waals surface area contributed by atoms with Gasteiger partial charge < -0.3 is 34.1 Å². The molecule has 1 saturated carbocycles. The first-order valence-corrected chi connectivity index (χ1v) is 17.3. The van der Waals surface area contributed by atoms with Gasteiger partial charge in [0.1, 0.15) is 28.8 Å². The number of benzene rings is 1. The summed E-state index contributed by atoms with van der Waals surface area (Å²) in [6, 6.07) is 6.93. The number of nitrogens with one attached hydrogen (secondary N) is 3. The quantitative estimate of drug-likeness (QED) is 0.302. The van der Waals surface area contributed by atoms with Crippen LogP contribution in [0.2, 0.25) is 0 Å². The number of pyridine rings is 1. The number of anilines is 2. The lowest BCUT2D eigenvalue weighted by atomic mass is 9.97. The van der Waals surface area contributed by atoms with Crippen LogP contribution in [0.3, 0.4) is 0 Å². The van der Waals surface area contributed by atoms with Gasteiger partial charge >= 0.3 is 0 Å². The van der Waals surface area contributed by atoms with Gasteiger partial charge in [-0.3, -0.25) is 25.3 Å². The molecule has 0 radical (unpaired) electrons. The molecule has 1 amide bonds. The molecule has 3 fully saturated rings. The zero-order valence-corrected chi connectivity index (χ0v) is 27.5. The molecule has 9 rings (SSSR count). The Morgan fingerprint density at radius 2 is 1.80 bits per heavy atom. The second-order valence-corrected chi connectivity index (χ2v) is 14.1. The van der Waals surface area contributed by atoms with E-state index >= 15 is 4.39 Å². The zero-order chi connectivity index (χ0) is 33.4. The molecule has 49 heavy (non-hydrogen) atoms. The normalized spacial score (nSPS) is 23.4. The Morgan fingerprint density at radius 3 is 2.53 bits per heavy atom. The van der Waals surface area contributed by atoms with Gasteiger partial charge in [0, 0.05) is 75.3 Å². The molecule has 6 aliphatic rings. The number of carbonyl (C=O) groups excluding carboxylic acids is 1. The van der Waals surface area contributed by atoms with Crippen molar-refractivity contribution in [1.82, 2.24) is 29.8 Å². The maximum absolute atomic E-state index is 15.4. The van der Waals surface area contributed by atoms with Crippen molar-refractivity contribution in [3.8, 4) is 11.1 Å². The predicted octanol–water partition coefficient (Wildman–Crippen LogP) is 2.73. The molecule has 4 aliphatic heterocycles. The molecule has 2 aromatic heterocycles. The van der Waals surface area contributed by atoms with Crippen LogP contribution >= 0.6 is 0 Å². The number of piperazine rings is 1. The average Bonchev–Trinajstić information content (AvgIpc) is 3.81. The van der Waals surface area contributed by atoms with Gasteiger partial charge in [-0.1, -0.05) is 0 Å². The summed E-state index contributed by atoms with van der Waals surface area (Å²) in [5.74, 6) is 1.87. The second kappa shape index (κ2) is 11.8. The third-order valence-electron chi connectivity index (χ3n) is 11.4. The summed E-state index contributed by atoms with van der Waals surface area (Å²) in [6.07, 6.45) is 9.01. The maximum atomic E-state index is 15.4. The van der Waals surface area contributed by atoms with Gasteiger partial charge in [0.05, 0.1) is 31.5 Å². The van der Waals surface area contributed by atoms with Crippen LogP contribution in [0.5, 0.6) is 0 Å². The summed E-state index contributed by atoms with van der Waals surface area (Å²) >= 11 is 0. The molecule has 13 heteroatoms. The number of nitrogens with zero attached hydrogens (tertiary/aromatic N) is 5. The topological polar surface area (TPSA) is 119 Å². The third-order valence-corrected chi connectivity index (χ3v) is 11.4. The number of halogens is 1. The minimum atomic E-state index is -0.528. The van der Waals surface area contributed by atoms with E-state index in [2.05, 4.69) is 30.5 Å². The van der Waals surface area contributed by atoms with Gasteiger partial charge in [0.25, 0.3) is 11.5 Å². The van der Waals surface area contributed by atoms with E-state index in [1.54, 1.807) is 24.2 Å². The lowest BCUT2D eigenvalue weighted by Crippen LogP contribution is -2.57. The van der Waals surface area contributed by atoms with Crippen molar-refractivity contribution in [2.75, 3.05) is 56.2 Å². The number of aliphatic hydroxyl groups is 1. The summed E-state index contributed by atoms with van der Waals surface area (Å²) in [5.41, 5.74) is 11.4. The van der Waals surface area contributed by atoms with Crippen LogP contribution in [0, 0.1) is 5.82 Å². The van der Waals surface area contributed by atoms with Crippen LogP contribution < -0.4 is 26.6 Å². The molecule has 12 nitrogen and oxygen atoms in total. The molecule has 3 aromatic rings. The number of amides is 1. The number of hydrogen-bond acceptors (Lipinski definition) is 9. The SMILES string of the molecule is Cn1cc(-c2cc(F)cc(N3CCn4c(cc5c4C4CCC5C4)C3=O)c2CO)cc(NC2=CC=C(N3CCN(C4COC4)CC3)NN2)c1=O. The molecule has 2 atom stereocenters. The Balaban J connectivity index is 0.977. The standard InChI is InChI=1S/C36H41FN8O4/c1-41-17-23(13-29(35(41)47)38-32-4-5-33(40-39-32)43-8-6-42(7-9-43)25-19-49-20-25)26-14-24(37)15-30(28(26)18-46)45-11-10-44-31(36(45)48)16-27-21-2-3-22(12-21)34(27)44/h4-5,13-17,21-22,25,38-40,46H,2-3,6-12,18-20H2,1H3. The highest BCUT2D eigenvalue weighted by Gasteiger charge is 2.43. The monoisotopic (exact) mass is 668 g/mol. The number of hydrogen-bond donors (Lipinski definition) is 4. The van der Waals surface area contributed by atoms with Crippen LogP contribution in [-0.4, -0.2) is 81.9 Å². The highest BCUT2D eigenvalue weighted by molar-refractivity contribution is 6.07. The summed E-state index contributed by atoms with van der Waals surface area (Å²) in [4.78, 5) is 33.6. The van der Waals surface area contributed by atoms with Crippen LogP contribution in [0.15, 0.2) is 59.1 Å². The third kappa shape index (κ3) is 5.05. The van der Waals surface area contributed by atoms with E-state index in [9.17, 15) is 14.7 Å². The number of ether oxygens (including phenoxy) is 1. The molecule has 2 aliphatic carbocycles. The Bertz CT molecular complexity index is 1970. The van der Waals surface area contributed by atoms with E-state index in [4.69, 9.17) is 4.74 Å². The minimum Gasteiger partial charge on any atom is -0.392 e. The Kier molecular flexibility index (Phi) is 7.32. The Labute approximate surface area is 283 Å². The molecule has 4 N–H and O–H groups in total. The predicted molar refractivity (Wildman–Crippen MR) is 182 cm³/mol. The maximum Gasteiger partial charge on any atom is 0.274 e. The number of fused-ring (bicyclic) bond motifs is 7. The average molecular weight is 669 g/mol. The Morgan fingerprint density at radius 1 is 0.980 bits per heavy atom. The first-order valence-electron chi connectivity index (χ1n) is 17.3. The van der Waals surface area contributed by atoms with Crippen molar-refractivity contribution < 1.29 is 19.0 Å². The molecule has 2 unspecified atom stereocenters. The molecule has 6 heterocycles. The van der Waals surface area contributed by atoms with E-state index in [0.29, 0.717) is 64.9 Å². The lowest BCUT2D eigenvalue weighted by Gasteiger charge is -2.44. The molecular weight excluding hydrogens is 627 g/mol. The second-order valence-electron chi connectivity index (χ2n) is 14.1. The zero-order valence-electron chi connectivity index (χ0n) is 27.5. The fourth-order valence-electron chi connectivity index (χ4n) is 8.74. The molecule has 2 bridgehead atoms. The summed E-state index contributed by atoms with van der Waals surface area (Å²) in [6.45, 7) is 5.99. The number of rotatable bonds is 7. The Hall–Kier alpha value is -4.59. The van der Waals surface area contributed by atoms with Gasteiger partial charge in [-0.05, 0) is 72.7 Å². The van der Waals surface area contributed by atoms with Crippen molar-refractivity contribution in [3.63, 3.8) is 0 Å². The number of aryl methyl sites for hydroxylation is 1. The fourth-order valence-corrected chi connectivity index (χ4v) is 8.74. The lowest BCUT2D eigenvalue weighted by molar-refractivity contribution is -0.0751. The number of hydrazine groups is 1. The number of aliphatic hydroxyl groups excluding tert-OH is 1. The first-order chi connectivity index (χ1) is 23.9. The van der Waals surface area contributed by atoms with E-state index in [1.165, 1.54) is 47.2 Å². The van der Waals surface area contributed by atoms with Crippen LogP contribution in [0.25, 0.3) is 11.1 Å². The van der Waals surface area contributed by atoms with E-state index in [1.807, 2.05) is 18.2 Å². The van der Waals surface area contributed by atoms with Crippen molar-refractivity contribution in [1.29, 1.82) is 0 Å². The smallest absolute Gasteiger partial charge is 0.274 e.